The van der Waals surface area contributed by atoms with E-state index in [-0.39, 0.29) is 18.9 Å². The topological polar surface area (TPSA) is 104 Å². The minimum Gasteiger partial charge on any atom is -0.386 e. The Labute approximate surface area is 139 Å². The van der Waals surface area contributed by atoms with Crippen molar-refractivity contribution in [2.24, 2.45) is 0 Å². The molecule has 0 aliphatic carbocycles. The number of pyridine rings is 1. The summed E-state index contributed by atoms with van der Waals surface area (Å²) in [7, 11) is 0. The van der Waals surface area contributed by atoms with Crippen molar-refractivity contribution in [3.05, 3.63) is 35.8 Å². The van der Waals surface area contributed by atoms with Gasteiger partial charge in [-0.05, 0) is 31.9 Å². The number of hydrogen-bond donors (Lipinski definition) is 2. The summed E-state index contributed by atoms with van der Waals surface area (Å²) in [5, 5.41) is 20.9. The van der Waals surface area contributed by atoms with Crippen LogP contribution in [0.25, 0.3) is 0 Å². The van der Waals surface area contributed by atoms with Gasteiger partial charge >= 0.3 is 0 Å². The van der Waals surface area contributed by atoms with Gasteiger partial charge in [-0.3, -0.25) is 4.79 Å². The Morgan fingerprint density at radius 2 is 2.33 bits per heavy atom. The highest BCUT2D eigenvalue weighted by Gasteiger charge is 2.34. The molecule has 1 atom stereocenters. The van der Waals surface area contributed by atoms with Gasteiger partial charge in [-0.25, -0.2) is 9.61 Å². The maximum absolute atomic E-state index is 12.0. The van der Waals surface area contributed by atoms with Crippen molar-refractivity contribution in [3.63, 3.8) is 0 Å². The molecule has 24 heavy (non-hydrogen) atoms. The molecule has 1 fully saturated rings. The number of aliphatic hydroxyl groups is 1. The fourth-order valence-electron chi connectivity index (χ4n) is 2.88. The summed E-state index contributed by atoms with van der Waals surface area (Å²) in [5.41, 5.74) is 0.142. The maximum Gasteiger partial charge on any atom is 0.226 e. The van der Waals surface area contributed by atoms with E-state index in [2.05, 4.69) is 25.2 Å². The zero-order valence-corrected chi connectivity index (χ0v) is 13.6. The van der Waals surface area contributed by atoms with Crippen LogP contribution in [-0.4, -0.2) is 51.5 Å². The number of β-amino-alcohol motifs (C(OH)–C–C–N with tert-alkyl or cyclic N) is 1. The molecule has 1 amide bonds. The number of aromatic nitrogens is 3. The quantitative estimate of drug-likeness (QED) is 0.820. The van der Waals surface area contributed by atoms with Gasteiger partial charge in [0.2, 0.25) is 5.91 Å². The van der Waals surface area contributed by atoms with E-state index in [1.807, 2.05) is 23.1 Å². The van der Waals surface area contributed by atoms with E-state index >= 15 is 0 Å². The minimum absolute atomic E-state index is 0.0926. The second-order valence-corrected chi connectivity index (χ2v) is 6.19. The van der Waals surface area contributed by atoms with Gasteiger partial charge in [0.1, 0.15) is 17.2 Å². The van der Waals surface area contributed by atoms with Gasteiger partial charge in [0.05, 0.1) is 12.0 Å². The lowest BCUT2D eigenvalue weighted by Crippen LogP contribution is -2.54. The van der Waals surface area contributed by atoms with Crippen molar-refractivity contribution in [2.45, 2.75) is 31.8 Å². The first-order chi connectivity index (χ1) is 11.6. The summed E-state index contributed by atoms with van der Waals surface area (Å²) in [6, 6.07) is 5.71. The number of rotatable bonds is 5. The molecule has 0 unspecified atom stereocenters. The molecule has 1 saturated heterocycles. The van der Waals surface area contributed by atoms with Crippen LogP contribution in [0.4, 0.5) is 5.82 Å². The number of nitrogens with one attached hydrogen (secondary N) is 1. The van der Waals surface area contributed by atoms with E-state index in [1.165, 1.54) is 0 Å². The SMILES string of the molecule is Cc1nonc1CC(=O)NC[C@@]1(O)CCCN(c2ccccn2)C1. The van der Waals surface area contributed by atoms with Crippen LogP contribution in [0, 0.1) is 6.92 Å². The Bertz CT molecular complexity index is 690. The van der Waals surface area contributed by atoms with Crippen molar-refractivity contribution in [2.75, 3.05) is 24.5 Å². The Hall–Kier alpha value is -2.48. The molecule has 3 heterocycles. The van der Waals surface area contributed by atoms with Crippen LogP contribution in [0.1, 0.15) is 24.2 Å². The number of carbonyl (C=O) groups excluding carboxylic acids is 1. The molecule has 0 aromatic carbocycles. The maximum atomic E-state index is 12.0. The van der Waals surface area contributed by atoms with Crippen molar-refractivity contribution in [1.82, 2.24) is 20.6 Å². The first-order valence-electron chi connectivity index (χ1n) is 7.99. The molecule has 1 aliphatic rings. The Kier molecular flexibility index (Phi) is 4.75. The summed E-state index contributed by atoms with van der Waals surface area (Å²) < 4.78 is 4.58. The van der Waals surface area contributed by atoms with E-state index in [0.29, 0.717) is 24.4 Å². The number of piperidine rings is 1. The van der Waals surface area contributed by atoms with Gasteiger partial charge in [-0.15, -0.1) is 0 Å². The van der Waals surface area contributed by atoms with Crippen molar-refractivity contribution >= 4 is 11.7 Å². The number of amides is 1. The number of carbonyl (C=O) groups is 1. The van der Waals surface area contributed by atoms with Crippen LogP contribution in [0.2, 0.25) is 0 Å². The summed E-state index contributed by atoms with van der Waals surface area (Å²) in [6.45, 7) is 3.21. The lowest BCUT2D eigenvalue weighted by molar-refractivity contribution is -0.121. The molecular formula is C16H21N5O3. The molecule has 0 radical (unpaired) electrons. The molecular weight excluding hydrogens is 310 g/mol. The zero-order chi connectivity index (χ0) is 17.0. The van der Waals surface area contributed by atoms with Gasteiger partial charge in [-0.1, -0.05) is 16.4 Å². The van der Waals surface area contributed by atoms with Crippen LogP contribution in [0.5, 0.6) is 0 Å². The smallest absolute Gasteiger partial charge is 0.226 e. The molecule has 8 heteroatoms. The van der Waals surface area contributed by atoms with Crippen molar-refractivity contribution < 1.29 is 14.5 Å². The molecule has 0 bridgehead atoms. The largest absolute Gasteiger partial charge is 0.386 e. The number of hydrogen-bond acceptors (Lipinski definition) is 7. The number of aryl methyl sites for hydroxylation is 1. The van der Waals surface area contributed by atoms with Gasteiger partial charge in [0.25, 0.3) is 0 Å². The average Bonchev–Trinajstić information content (AvgIpc) is 2.99. The summed E-state index contributed by atoms with van der Waals surface area (Å²) in [4.78, 5) is 18.4. The van der Waals surface area contributed by atoms with Gasteiger partial charge < -0.3 is 15.3 Å². The Morgan fingerprint density at radius 1 is 1.46 bits per heavy atom. The fraction of sp³-hybridized carbons (Fsp3) is 0.500. The van der Waals surface area contributed by atoms with E-state index < -0.39 is 5.60 Å². The van der Waals surface area contributed by atoms with E-state index in [4.69, 9.17) is 0 Å². The Morgan fingerprint density at radius 3 is 3.04 bits per heavy atom. The second kappa shape index (κ2) is 6.96. The number of anilines is 1. The van der Waals surface area contributed by atoms with Crippen LogP contribution in [-0.2, 0) is 11.2 Å². The highest BCUT2D eigenvalue weighted by atomic mass is 16.6. The molecule has 0 saturated carbocycles. The van der Waals surface area contributed by atoms with Crippen LogP contribution < -0.4 is 10.2 Å². The summed E-state index contributed by atoms with van der Waals surface area (Å²) in [5.74, 6) is 0.628. The summed E-state index contributed by atoms with van der Waals surface area (Å²) in [6.07, 6.45) is 3.31. The normalized spacial score (nSPS) is 20.8. The lowest BCUT2D eigenvalue weighted by Gasteiger charge is -2.39. The van der Waals surface area contributed by atoms with E-state index in [1.54, 1.807) is 13.1 Å². The minimum atomic E-state index is -0.970. The molecule has 128 valence electrons. The van der Waals surface area contributed by atoms with E-state index in [0.717, 1.165) is 18.8 Å². The van der Waals surface area contributed by atoms with Crippen LogP contribution in [0.3, 0.4) is 0 Å². The highest BCUT2D eigenvalue weighted by molar-refractivity contribution is 5.78. The molecule has 8 nitrogen and oxygen atoms in total. The summed E-state index contributed by atoms with van der Waals surface area (Å²) >= 11 is 0. The lowest BCUT2D eigenvalue weighted by atomic mass is 9.92. The third-order valence-corrected chi connectivity index (χ3v) is 4.22. The molecule has 2 aromatic rings. The first-order valence-corrected chi connectivity index (χ1v) is 7.99. The van der Waals surface area contributed by atoms with Crippen LogP contribution in [0.15, 0.2) is 29.0 Å². The average molecular weight is 331 g/mol. The third kappa shape index (κ3) is 3.88. The van der Waals surface area contributed by atoms with Crippen molar-refractivity contribution in [1.29, 1.82) is 0 Å². The number of nitrogens with zero attached hydrogens (tertiary/aromatic N) is 4. The molecule has 2 aromatic heterocycles. The second-order valence-electron chi connectivity index (χ2n) is 6.19. The van der Waals surface area contributed by atoms with Gasteiger partial charge in [-0.2, -0.15) is 0 Å². The van der Waals surface area contributed by atoms with Crippen LogP contribution >= 0.6 is 0 Å². The van der Waals surface area contributed by atoms with Gasteiger partial charge in [0, 0.05) is 25.8 Å². The Balaban J connectivity index is 1.55. The molecule has 2 N–H and O–H groups in total. The zero-order valence-electron chi connectivity index (χ0n) is 13.6. The predicted octanol–water partition coefficient (Wildman–Crippen LogP) is 0.463. The van der Waals surface area contributed by atoms with Crippen molar-refractivity contribution in [3.8, 4) is 0 Å². The van der Waals surface area contributed by atoms with E-state index in [9.17, 15) is 9.90 Å². The highest BCUT2D eigenvalue weighted by Crippen LogP contribution is 2.24. The fourth-order valence-corrected chi connectivity index (χ4v) is 2.88. The standard InChI is InChI=1S/C16H21N5O3/c1-12-13(20-24-19-12)9-15(22)18-10-16(23)6-4-8-21(11-16)14-5-2-3-7-17-14/h2-3,5,7,23H,4,6,8-11H2,1H3,(H,18,22)/t16-/m0/s1. The molecule has 1 aliphatic heterocycles. The molecule has 0 spiro atoms. The first kappa shape index (κ1) is 16.4. The van der Waals surface area contributed by atoms with Gasteiger partial charge in [0.15, 0.2) is 0 Å². The third-order valence-electron chi connectivity index (χ3n) is 4.22. The monoisotopic (exact) mass is 331 g/mol. The molecule has 3 rings (SSSR count). The predicted molar refractivity (Wildman–Crippen MR) is 86.4 cm³/mol.